The molecule has 1 unspecified atom stereocenters. The van der Waals surface area contributed by atoms with Crippen LogP contribution in [0.3, 0.4) is 0 Å². The predicted molar refractivity (Wildman–Crippen MR) is 116 cm³/mol. The van der Waals surface area contributed by atoms with Crippen molar-refractivity contribution < 1.29 is 24.0 Å². The van der Waals surface area contributed by atoms with E-state index < -0.39 is 34.2 Å². The van der Waals surface area contributed by atoms with Crippen molar-refractivity contribution in [2.24, 2.45) is 0 Å². The van der Waals surface area contributed by atoms with Crippen LogP contribution in [0.25, 0.3) is 5.76 Å². The van der Waals surface area contributed by atoms with Crippen molar-refractivity contribution in [3.05, 3.63) is 103 Å². The number of ketones is 1. The lowest BCUT2D eigenvalue weighted by molar-refractivity contribution is -0.384. The van der Waals surface area contributed by atoms with E-state index in [-0.39, 0.29) is 23.4 Å². The molecule has 2 heterocycles. The number of Topliss-reactive ketones (excluding diaryl/α,β-unsaturated/α-hetero) is 1. The fraction of sp³-hybridized carbons (Fsp3) is 0.130. The molecule has 1 saturated heterocycles. The number of nitro benzene ring substituents is 1. The standard InChI is InChI=1S/C23H17FN2O5S/c1-13-9-10-32-22(13)19-18(20(27)15-3-2-4-17(11-15)26(30)31)21(28)23(29)25(19)12-14-5-7-16(24)8-6-14/h2-11,19,27H,12H2,1H3/b20-18-. The molecule has 2 aromatic carbocycles. The summed E-state index contributed by atoms with van der Waals surface area (Å²) >= 11 is 1.33. The van der Waals surface area contributed by atoms with Crippen LogP contribution in [0.15, 0.2) is 65.6 Å². The van der Waals surface area contributed by atoms with Crippen molar-refractivity contribution in [3.8, 4) is 0 Å². The van der Waals surface area contributed by atoms with E-state index >= 15 is 0 Å². The maximum Gasteiger partial charge on any atom is 0.295 e. The molecule has 1 amide bonds. The second kappa shape index (κ2) is 8.35. The van der Waals surface area contributed by atoms with E-state index in [1.54, 1.807) is 0 Å². The lowest BCUT2D eigenvalue weighted by Gasteiger charge is -2.25. The third-order valence-electron chi connectivity index (χ3n) is 5.29. The number of carbonyl (C=O) groups excluding carboxylic acids is 2. The summed E-state index contributed by atoms with van der Waals surface area (Å²) in [5.74, 6) is -2.59. The molecular formula is C23H17FN2O5S. The number of hydrogen-bond acceptors (Lipinski definition) is 6. The van der Waals surface area contributed by atoms with Crippen molar-refractivity contribution in [2.45, 2.75) is 19.5 Å². The molecule has 1 aromatic heterocycles. The van der Waals surface area contributed by atoms with Crippen LogP contribution >= 0.6 is 11.3 Å². The average Bonchev–Trinajstić information content (AvgIpc) is 3.30. The van der Waals surface area contributed by atoms with Crippen molar-refractivity contribution in [1.29, 1.82) is 0 Å². The van der Waals surface area contributed by atoms with E-state index in [1.807, 2.05) is 18.4 Å². The molecule has 7 nitrogen and oxygen atoms in total. The number of aliphatic hydroxyl groups excluding tert-OH is 1. The number of thiophene rings is 1. The highest BCUT2D eigenvalue weighted by atomic mass is 32.1. The van der Waals surface area contributed by atoms with E-state index in [0.717, 1.165) is 11.6 Å². The molecule has 162 valence electrons. The van der Waals surface area contributed by atoms with Crippen molar-refractivity contribution >= 4 is 34.5 Å². The molecule has 0 radical (unpaired) electrons. The highest BCUT2D eigenvalue weighted by molar-refractivity contribution is 7.10. The summed E-state index contributed by atoms with van der Waals surface area (Å²) in [4.78, 5) is 38.5. The summed E-state index contributed by atoms with van der Waals surface area (Å²) in [6, 6.07) is 11.8. The van der Waals surface area contributed by atoms with E-state index in [0.29, 0.717) is 10.4 Å². The van der Waals surface area contributed by atoms with Gasteiger partial charge in [0.05, 0.1) is 10.5 Å². The van der Waals surface area contributed by atoms with Gasteiger partial charge >= 0.3 is 0 Å². The average molecular weight is 452 g/mol. The number of aryl methyl sites for hydroxylation is 1. The Kier molecular flexibility index (Phi) is 5.58. The Bertz CT molecular complexity index is 1270. The molecular weight excluding hydrogens is 435 g/mol. The molecule has 1 N–H and O–H groups in total. The SMILES string of the molecule is Cc1ccsc1C1/C(=C(/O)c2cccc([N+](=O)[O-])c2)C(=O)C(=O)N1Cc1ccc(F)cc1. The van der Waals surface area contributed by atoms with Crippen LogP contribution in [0.1, 0.15) is 27.6 Å². The first-order chi connectivity index (χ1) is 15.3. The number of carbonyl (C=O) groups is 2. The highest BCUT2D eigenvalue weighted by Gasteiger charge is 2.47. The van der Waals surface area contributed by atoms with Gasteiger partial charge in [0.25, 0.3) is 17.4 Å². The van der Waals surface area contributed by atoms with Crippen LogP contribution in [0, 0.1) is 22.9 Å². The van der Waals surface area contributed by atoms with Gasteiger partial charge in [0.1, 0.15) is 17.6 Å². The van der Waals surface area contributed by atoms with E-state index in [1.165, 1.54) is 58.7 Å². The van der Waals surface area contributed by atoms with Crippen LogP contribution in [0.5, 0.6) is 0 Å². The highest BCUT2D eigenvalue weighted by Crippen LogP contribution is 2.43. The molecule has 1 aliphatic heterocycles. The second-order valence-electron chi connectivity index (χ2n) is 7.33. The molecule has 1 fully saturated rings. The third-order valence-corrected chi connectivity index (χ3v) is 6.36. The molecule has 0 bridgehead atoms. The largest absolute Gasteiger partial charge is 0.507 e. The maximum absolute atomic E-state index is 13.3. The van der Waals surface area contributed by atoms with E-state index in [9.17, 15) is 29.2 Å². The Morgan fingerprint density at radius 2 is 1.91 bits per heavy atom. The van der Waals surface area contributed by atoms with E-state index in [2.05, 4.69) is 0 Å². The molecule has 9 heteroatoms. The summed E-state index contributed by atoms with van der Waals surface area (Å²) < 4.78 is 13.3. The number of hydrogen-bond donors (Lipinski definition) is 1. The Morgan fingerprint density at radius 3 is 2.53 bits per heavy atom. The number of nitrogens with zero attached hydrogens (tertiary/aromatic N) is 2. The van der Waals surface area contributed by atoms with Crippen LogP contribution in [-0.2, 0) is 16.1 Å². The van der Waals surface area contributed by atoms with Crippen LogP contribution < -0.4 is 0 Å². The fourth-order valence-electron chi connectivity index (χ4n) is 3.69. The smallest absolute Gasteiger partial charge is 0.295 e. The lowest BCUT2D eigenvalue weighted by Crippen LogP contribution is -2.29. The normalized spacial score (nSPS) is 17.7. The molecule has 1 atom stereocenters. The Hall–Kier alpha value is -3.85. The lowest BCUT2D eigenvalue weighted by atomic mass is 9.98. The van der Waals surface area contributed by atoms with Gasteiger partial charge in [-0.3, -0.25) is 19.7 Å². The fourth-order valence-corrected chi connectivity index (χ4v) is 4.74. The minimum Gasteiger partial charge on any atom is -0.507 e. The zero-order valence-corrected chi connectivity index (χ0v) is 17.6. The molecule has 4 rings (SSSR count). The van der Waals surface area contributed by atoms with Gasteiger partial charge in [-0.1, -0.05) is 24.3 Å². The van der Waals surface area contributed by atoms with Gasteiger partial charge in [-0.05, 0) is 41.6 Å². The van der Waals surface area contributed by atoms with Gasteiger partial charge in [-0.15, -0.1) is 11.3 Å². The van der Waals surface area contributed by atoms with Gasteiger partial charge in [0.2, 0.25) is 0 Å². The number of aliphatic hydroxyl groups is 1. The molecule has 3 aromatic rings. The molecule has 32 heavy (non-hydrogen) atoms. The number of rotatable bonds is 5. The first kappa shape index (κ1) is 21.4. The molecule has 0 aliphatic carbocycles. The topological polar surface area (TPSA) is 101 Å². The van der Waals surface area contributed by atoms with Crippen molar-refractivity contribution in [2.75, 3.05) is 0 Å². The maximum atomic E-state index is 13.3. The summed E-state index contributed by atoms with van der Waals surface area (Å²) in [6.45, 7) is 1.86. The van der Waals surface area contributed by atoms with Crippen molar-refractivity contribution in [1.82, 2.24) is 4.90 Å². The summed E-state index contributed by atoms with van der Waals surface area (Å²) in [6.07, 6.45) is 0. The molecule has 1 aliphatic rings. The Morgan fingerprint density at radius 1 is 1.19 bits per heavy atom. The van der Waals surface area contributed by atoms with Crippen LogP contribution in [-0.4, -0.2) is 26.6 Å². The summed E-state index contributed by atoms with van der Waals surface area (Å²) in [5.41, 5.74) is 1.12. The van der Waals surface area contributed by atoms with Gasteiger partial charge < -0.3 is 10.0 Å². The summed E-state index contributed by atoms with van der Waals surface area (Å²) in [5, 5.41) is 24.0. The minimum absolute atomic E-state index is 0.0264. The number of benzene rings is 2. The summed E-state index contributed by atoms with van der Waals surface area (Å²) in [7, 11) is 0. The number of halogens is 1. The Labute approximate surface area is 186 Å². The number of amides is 1. The van der Waals surface area contributed by atoms with Gasteiger partial charge in [-0.25, -0.2) is 4.39 Å². The van der Waals surface area contributed by atoms with Crippen LogP contribution in [0.4, 0.5) is 10.1 Å². The number of non-ortho nitro benzene ring substituents is 1. The quantitative estimate of drug-likeness (QED) is 0.198. The van der Waals surface area contributed by atoms with Gasteiger partial charge in [0, 0.05) is 29.1 Å². The van der Waals surface area contributed by atoms with Gasteiger partial charge in [0.15, 0.2) is 0 Å². The zero-order valence-electron chi connectivity index (χ0n) is 16.8. The number of likely N-dealkylation sites (tertiary alicyclic amines) is 1. The van der Waals surface area contributed by atoms with Gasteiger partial charge in [-0.2, -0.15) is 0 Å². The third kappa shape index (κ3) is 3.78. The Balaban J connectivity index is 1.86. The predicted octanol–water partition coefficient (Wildman–Crippen LogP) is 4.73. The van der Waals surface area contributed by atoms with Crippen molar-refractivity contribution in [3.63, 3.8) is 0 Å². The molecule has 0 saturated carbocycles. The van der Waals surface area contributed by atoms with E-state index in [4.69, 9.17) is 0 Å². The second-order valence-corrected chi connectivity index (χ2v) is 8.28. The van der Waals surface area contributed by atoms with Crippen LogP contribution in [0.2, 0.25) is 0 Å². The number of nitro groups is 1. The first-order valence-electron chi connectivity index (χ1n) is 9.59. The minimum atomic E-state index is -0.881. The first-order valence-corrected chi connectivity index (χ1v) is 10.5. The zero-order chi connectivity index (χ0) is 23.0. The molecule has 0 spiro atoms. The monoisotopic (exact) mass is 452 g/mol.